The Hall–Kier alpha value is -2.57. The van der Waals surface area contributed by atoms with Crippen LogP contribution in [0.2, 0.25) is 0 Å². The molecule has 0 radical (unpaired) electrons. The summed E-state index contributed by atoms with van der Waals surface area (Å²) in [5.41, 5.74) is 0.601. The Bertz CT molecular complexity index is 633. The summed E-state index contributed by atoms with van der Waals surface area (Å²) in [5.74, 6) is 1.01. The summed E-state index contributed by atoms with van der Waals surface area (Å²) in [6.45, 7) is 2.04. The van der Waals surface area contributed by atoms with Crippen molar-refractivity contribution in [3.05, 3.63) is 42.7 Å². The molecule has 3 heterocycles. The van der Waals surface area contributed by atoms with E-state index >= 15 is 0 Å². The monoisotopic (exact) mass is 256 g/mol. The fourth-order valence-corrected chi connectivity index (χ4v) is 1.75. The molecule has 1 atom stereocenters. The normalized spacial score (nSPS) is 12.5. The van der Waals surface area contributed by atoms with Gasteiger partial charge < -0.3 is 4.52 Å². The van der Waals surface area contributed by atoms with Crippen LogP contribution >= 0.6 is 0 Å². The van der Waals surface area contributed by atoms with Crippen molar-refractivity contribution in [3.8, 4) is 11.5 Å². The quantitative estimate of drug-likeness (QED) is 0.704. The van der Waals surface area contributed by atoms with E-state index < -0.39 is 0 Å². The number of hydrogen-bond acceptors (Lipinski definition) is 6. The van der Waals surface area contributed by atoms with E-state index in [4.69, 9.17) is 4.52 Å². The lowest BCUT2D eigenvalue weighted by atomic mass is 10.2. The van der Waals surface area contributed by atoms with Gasteiger partial charge in [-0.2, -0.15) is 15.2 Å². The van der Waals surface area contributed by atoms with Crippen molar-refractivity contribution < 1.29 is 4.52 Å². The van der Waals surface area contributed by atoms with E-state index in [1.165, 1.54) is 0 Å². The van der Waals surface area contributed by atoms with Gasteiger partial charge in [0.05, 0.1) is 6.04 Å². The first-order valence-electron chi connectivity index (χ1n) is 5.93. The molecule has 0 aliphatic carbocycles. The molecule has 96 valence electrons. The van der Waals surface area contributed by atoms with E-state index in [-0.39, 0.29) is 6.04 Å². The van der Waals surface area contributed by atoms with Crippen molar-refractivity contribution in [2.75, 3.05) is 0 Å². The molecule has 0 fully saturated rings. The molecule has 19 heavy (non-hydrogen) atoms. The number of hydrogen-bond donors (Lipinski definition) is 0. The van der Waals surface area contributed by atoms with Gasteiger partial charge in [-0.1, -0.05) is 5.16 Å². The van der Waals surface area contributed by atoms with Gasteiger partial charge in [-0.15, -0.1) is 5.10 Å². The Labute approximate surface area is 109 Å². The highest BCUT2D eigenvalue weighted by molar-refractivity contribution is 5.46. The first-order chi connectivity index (χ1) is 9.33. The minimum absolute atomic E-state index is 0.158. The summed E-state index contributed by atoms with van der Waals surface area (Å²) in [5, 5.41) is 15.8. The maximum Gasteiger partial charge on any atom is 0.229 e. The Balaban J connectivity index is 1.75. The minimum Gasteiger partial charge on any atom is -0.339 e. The Kier molecular flexibility index (Phi) is 3.01. The van der Waals surface area contributed by atoms with Gasteiger partial charge in [0.25, 0.3) is 0 Å². The molecule has 7 nitrogen and oxygen atoms in total. The average Bonchev–Trinajstić information content (AvgIpc) is 3.11. The Morgan fingerprint density at radius 1 is 1.32 bits per heavy atom. The maximum absolute atomic E-state index is 5.22. The largest absolute Gasteiger partial charge is 0.339 e. The van der Waals surface area contributed by atoms with Gasteiger partial charge in [-0.3, -0.25) is 4.68 Å². The third-order valence-corrected chi connectivity index (χ3v) is 2.72. The summed E-state index contributed by atoms with van der Waals surface area (Å²) in [7, 11) is 0. The second-order valence-corrected chi connectivity index (χ2v) is 4.16. The van der Waals surface area contributed by atoms with Crippen molar-refractivity contribution >= 4 is 0 Å². The molecule has 3 aromatic rings. The van der Waals surface area contributed by atoms with Gasteiger partial charge in [-0.25, -0.2) is 0 Å². The molecule has 0 spiro atoms. The van der Waals surface area contributed by atoms with E-state index in [0.717, 1.165) is 0 Å². The van der Waals surface area contributed by atoms with Crippen LogP contribution < -0.4 is 0 Å². The van der Waals surface area contributed by atoms with Crippen LogP contribution in [-0.2, 0) is 6.42 Å². The van der Waals surface area contributed by atoms with Gasteiger partial charge in [0, 0.05) is 25.0 Å². The summed E-state index contributed by atoms with van der Waals surface area (Å²) < 4.78 is 7.07. The fourth-order valence-electron chi connectivity index (χ4n) is 1.75. The van der Waals surface area contributed by atoms with Crippen molar-refractivity contribution in [2.45, 2.75) is 19.4 Å². The summed E-state index contributed by atoms with van der Waals surface area (Å²) in [4.78, 5) is 4.31. The van der Waals surface area contributed by atoms with Gasteiger partial charge in [0.1, 0.15) is 5.69 Å². The molecule has 0 aliphatic heterocycles. The topological polar surface area (TPSA) is 82.5 Å². The SMILES string of the molecule is C[C@@H](Cc1nc(-c2cccnn2)no1)n1cccn1. The highest BCUT2D eigenvalue weighted by Gasteiger charge is 2.14. The molecule has 3 rings (SSSR count). The molecule has 0 N–H and O–H groups in total. The van der Waals surface area contributed by atoms with E-state index in [0.29, 0.717) is 23.8 Å². The van der Waals surface area contributed by atoms with Crippen LogP contribution in [0.4, 0.5) is 0 Å². The van der Waals surface area contributed by atoms with Crippen LogP contribution in [0.1, 0.15) is 18.9 Å². The lowest BCUT2D eigenvalue weighted by Crippen LogP contribution is -2.08. The second-order valence-electron chi connectivity index (χ2n) is 4.16. The zero-order valence-electron chi connectivity index (χ0n) is 10.3. The zero-order valence-corrected chi connectivity index (χ0v) is 10.3. The standard InChI is InChI=1S/C12H12N6O/c1-9(18-7-3-6-14-18)8-11-15-12(17-19-11)10-4-2-5-13-16-10/h2-7,9H,8H2,1H3/t9-/m0/s1. The summed E-state index contributed by atoms with van der Waals surface area (Å²) in [6.07, 6.45) is 5.87. The molecule has 0 aromatic carbocycles. The summed E-state index contributed by atoms with van der Waals surface area (Å²) >= 11 is 0. The second kappa shape index (κ2) is 4.97. The highest BCUT2D eigenvalue weighted by Crippen LogP contribution is 2.15. The first-order valence-corrected chi connectivity index (χ1v) is 5.93. The van der Waals surface area contributed by atoms with E-state index in [1.54, 1.807) is 24.5 Å². The van der Waals surface area contributed by atoms with Crippen LogP contribution in [0.5, 0.6) is 0 Å². The Morgan fingerprint density at radius 3 is 3.00 bits per heavy atom. The lowest BCUT2D eigenvalue weighted by Gasteiger charge is -2.08. The van der Waals surface area contributed by atoms with Crippen molar-refractivity contribution in [2.24, 2.45) is 0 Å². The third-order valence-electron chi connectivity index (χ3n) is 2.72. The molecule has 0 saturated heterocycles. The van der Waals surface area contributed by atoms with E-state index in [1.807, 2.05) is 23.9 Å². The van der Waals surface area contributed by atoms with E-state index in [9.17, 15) is 0 Å². The first kappa shape index (κ1) is 11.5. The smallest absolute Gasteiger partial charge is 0.229 e. The molecule has 7 heteroatoms. The Morgan fingerprint density at radius 2 is 2.26 bits per heavy atom. The van der Waals surface area contributed by atoms with Gasteiger partial charge in [0.15, 0.2) is 0 Å². The van der Waals surface area contributed by atoms with Crippen LogP contribution in [0.15, 0.2) is 41.3 Å². The minimum atomic E-state index is 0.158. The molecule has 3 aromatic heterocycles. The number of nitrogens with zero attached hydrogens (tertiary/aromatic N) is 6. The van der Waals surface area contributed by atoms with Crippen LogP contribution in [0.25, 0.3) is 11.5 Å². The lowest BCUT2D eigenvalue weighted by molar-refractivity contribution is 0.349. The predicted molar refractivity (Wildman–Crippen MR) is 66.0 cm³/mol. The third kappa shape index (κ3) is 2.49. The van der Waals surface area contributed by atoms with Crippen molar-refractivity contribution in [1.82, 2.24) is 30.1 Å². The molecule has 0 bridgehead atoms. The van der Waals surface area contributed by atoms with Crippen molar-refractivity contribution in [1.29, 1.82) is 0 Å². The van der Waals surface area contributed by atoms with Gasteiger partial charge in [-0.05, 0) is 25.1 Å². The molecule has 0 aliphatic rings. The highest BCUT2D eigenvalue weighted by atomic mass is 16.5. The average molecular weight is 256 g/mol. The van der Waals surface area contributed by atoms with Crippen LogP contribution in [0.3, 0.4) is 0 Å². The van der Waals surface area contributed by atoms with Gasteiger partial charge >= 0.3 is 0 Å². The fraction of sp³-hybridized carbons (Fsp3) is 0.250. The van der Waals surface area contributed by atoms with Crippen LogP contribution in [0, 0.1) is 0 Å². The van der Waals surface area contributed by atoms with E-state index in [2.05, 4.69) is 25.4 Å². The van der Waals surface area contributed by atoms with Crippen molar-refractivity contribution in [3.63, 3.8) is 0 Å². The van der Waals surface area contributed by atoms with Crippen LogP contribution in [-0.4, -0.2) is 30.1 Å². The predicted octanol–water partition coefficient (Wildman–Crippen LogP) is 1.53. The maximum atomic E-state index is 5.22. The van der Waals surface area contributed by atoms with Gasteiger partial charge in [0.2, 0.25) is 11.7 Å². The zero-order chi connectivity index (χ0) is 13.1. The number of aromatic nitrogens is 6. The summed E-state index contributed by atoms with van der Waals surface area (Å²) in [6, 6.07) is 5.61. The molecule has 0 unspecified atom stereocenters. The number of rotatable bonds is 4. The molecule has 0 saturated carbocycles. The molecular formula is C12H12N6O. The molecule has 0 amide bonds. The molecular weight excluding hydrogens is 244 g/mol.